The number of amides is 1. The molecule has 1 N–H and O–H groups in total. The van der Waals surface area contributed by atoms with Crippen LogP contribution in [0.25, 0.3) is 0 Å². The van der Waals surface area contributed by atoms with Gasteiger partial charge in [-0.1, -0.05) is 24.3 Å². The van der Waals surface area contributed by atoms with Crippen molar-refractivity contribution in [3.05, 3.63) is 82.9 Å². The number of carbonyl (C=O) groups is 1. The minimum absolute atomic E-state index is 0.0108. The van der Waals surface area contributed by atoms with E-state index < -0.39 is 0 Å². The van der Waals surface area contributed by atoms with Gasteiger partial charge in [-0.25, -0.2) is 0 Å². The van der Waals surface area contributed by atoms with E-state index in [4.69, 9.17) is 4.74 Å². The normalized spacial score (nSPS) is 15.3. The molecule has 3 aromatic rings. The van der Waals surface area contributed by atoms with Crippen molar-refractivity contribution in [3.8, 4) is 5.75 Å². The Hall–Kier alpha value is -3.08. The standard InChI is InChI=1S/C22H23N3O2/c1-15-11-20(16(2)25(15)14-18-8-5-6-10-23-18)22(26)24-13-19-12-17-7-3-4-9-21(17)27-19/h3-11,19H,12-14H2,1-2H3,(H,24,26)/t19-/m0/s1. The third-order valence-corrected chi connectivity index (χ3v) is 5.07. The first-order valence-electron chi connectivity index (χ1n) is 9.21. The Balaban J connectivity index is 1.41. The van der Waals surface area contributed by atoms with Gasteiger partial charge in [-0.3, -0.25) is 9.78 Å². The summed E-state index contributed by atoms with van der Waals surface area (Å²) in [6, 6.07) is 15.8. The highest BCUT2D eigenvalue weighted by molar-refractivity contribution is 5.95. The number of aromatic nitrogens is 2. The molecule has 5 nitrogen and oxygen atoms in total. The molecule has 3 heterocycles. The molecule has 1 atom stereocenters. The quantitative estimate of drug-likeness (QED) is 0.759. The highest BCUT2D eigenvalue weighted by atomic mass is 16.5. The second-order valence-electron chi connectivity index (χ2n) is 6.95. The van der Waals surface area contributed by atoms with Crippen LogP contribution >= 0.6 is 0 Å². The number of ether oxygens (including phenoxy) is 1. The average Bonchev–Trinajstić information content (AvgIpc) is 3.22. The van der Waals surface area contributed by atoms with Gasteiger partial charge in [0.2, 0.25) is 0 Å². The molecule has 0 unspecified atom stereocenters. The van der Waals surface area contributed by atoms with Gasteiger partial charge in [-0.15, -0.1) is 0 Å². The largest absolute Gasteiger partial charge is 0.488 e. The number of nitrogens with zero attached hydrogens (tertiary/aromatic N) is 2. The van der Waals surface area contributed by atoms with E-state index in [0.29, 0.717) is 18.7 Å². The van der Waals surface area contributed by atoms with E-state index in [2.05, 4.69) is 20.9 Å². The fourth-order valence-corrected chi connectivity index (χ4v) is 3.60. The fourth-order valence-electron chi connectivity index (χ4n) is 3.60. The summed E-state index contributed by atoms with van der Waals surface area (Å²) in [6.07, 6.45) is 2.61. The number of carbonyl (C=O) groups excluding carboxylic acids is 1. The first-order chi connectivity index (χ1) is 13.1. The zero-order valence-corrected chi connectivity index (χ0v) is 15.6. The number of pyridine rings is 1. The number of rotatable bonds is 5. The van der Waals surface area contributed by atoms with Crippen LogP contribution in [0.3, 0.4) is 0 Å². The minimum Gasteiger partial charge on any atom is -0.488 e. The second-order valence-corrected chi connectivity index (χ2v) is 6.95. The molecule has 0 bridgehead atoms. The zero-order valence-electron chi connectivity index (χ0n) is 15.6. The lowest BCUT2D eigenvalue weighted by Gasteiger charge is -2.12. The SMILES string of the molecule is Cc1cc(C(=O)NC[C@@H]2Cc3ccccc3O2)c(C)n1Cc1ccccn1. The molecule has 0 spiro atoms. The van der Waals surface area contributed by atoms with Crippen LogP contribution in [0.5, 0.6) is 5.75 Å². The molecule has 0 radical (unpaired) electrons. The van der Waals surface area contributed by atoms with Crippen molar-refractivity contribution in [2.75, 3.05) is 6.54 Å². The molecule has 0 saturated heterocycles. The van der Waals surface area contributed by atoms with Gasteiger partial charge in [0.15, 0.2) is 0 Å². The van der Waals surface area contributed by atoms with Crippen molar-refractivity contribution in [2.45, 2.75) is 32.9 Å². The van der Waals surface area contributed by atoms with Gasteiger partial charge in [0, 0.05) is 24.0 Å². The van der Waals surface area contributed by atoms with E-state index in [9.17, 15) is 4.79 Å². The molecule has 1 aromatic carbocycles. The Kier molecular flexibility index (Phi) is 4.67. The second kappa shape index (κ2) is 7.27. The molecule has 138 valence electrons. The van der Waals surface area contributed by atoms with Crippen LogP contribution in [-0.2, 0) is 13.0 Å². The lowest BCUT2D eigenvalue weighted by Crippen LogP contribution is -2.34. The molecular formula is C22H23N3O2. The van der Waals surface area contributed by atoms with Crippen LogP contribution in [0, 0.1) is 13.8 Å². The Morgan fingerprint density at radius 3 is 2.81 bits per heavy atom. The van der Waals surface area contributed by atoms with Crippen LogP contribution in [0.2, 0.25) is 0 Å². The predicted molar refractivity (Wildman–Crippen MR) is 104 cm³/mol. The van der Waals surface area contributed by atoms with E-state index in [1.807, 2.05) is 56.3 Å². The monoisotopic (exact) mass is 361 g/mol. The highest BCUT2D eigenvalue weighted by Gasteiger charge is 2.23. The molecule has 0 aliphatic carbocycles. The molecule has 2 aromatic heterocycles. The summed E-state index contributed by atoms with van der Waals surface area (Å²) in [5, 5.41) is 3.03. The van der Waals surface area contributed by atoms with Gasteiger partial charge in [0.05, 0.1) is 24.3 Å². The maximum atomic E-state index is 12.7. The maximum Gasteiger partial charge on any atom is 0.253 e. The van der Waals surface area contributed by atoms with Gasteiger partial charge >= 0.3 is 0 Å². The molecule has 0 fully saturated rings. The van der Waals surface area contributed by atoms with Crippen LogP contribution in [0.1, 0.15) is 33.0 Å². The van der Waals surface area contributed by atoms with Gasteiger partial charge < -0.3 is 14.6 Å². The van der Waals surface area contributed by atoms with Crippen molar-refractivity contribution in [1.82, 2.24) is 14.9 Å². The van der Waals surface area contributed by atoms with E-state index in [1.165, 1.54) is 5.56 Å². The summed E-state index contributed by atoms with van der Waals surface area (Å²) in [4.78, 5) is 17.1. The number of benzene rings is 1. The molecule has 4 rings (SSSR count). The van der Waals surface area contributed by atoms with Gasteiger partial charge in [-0.05, 0) is 43.7 Å². The van der Waals surface area contributed by atoms with E-state index in [1.54, 1.807) is 6.20 Å². The summed E-state index contributed by atoms with van der Waals surface area (Å²) >= 11 is 0. The highest BCUT2D eigenvalue weighted by Crippen LogP contribution is 2.27. The third-order valence-electron chi connectivity index (χ3n) is 5.07. The van der Waals surface area contributed by atoms with Crippen molar-refractivity contribution in [2.24, 2.45) is 0 Å². The molecule has 1 aliphatic rings. The molecule has 27 heavy (non-hydrogen) atoms. The smallest absolute Gasteiger partial charge is 0.253 e. The molecular weight excluding hydrogens is 338 g/mol. The number of aryl methyl sites for hydroxylation is 1. The van der Waals surface area contributed by atoms with E-state index in [0.717, 1.165) is 29.3 Å². The third kappa shape index (κ3) is 3.58. The minimum atomic E-state index is -0.0603. The van der Waals surface area contributed by atoms with Crippen molar-refractivity contribution >= 4 is 5.91 Å². The molecule has 5 heteroatoms. The van der Waals surface area contributed by atoms with Gasteiger partial charge in [0.1, 0.15) is 11.9 Å². The summed E-state index contributed by atoms with van der Waals surface area (Å²) in [5.41, 5.74) is 4.88. The Bertz CT molecular complexity index is 938. The van der Waals surface area contributed by atoms with Crippen LogP contribution in [0.4, 0.5) is 0 Å². The lowest BCUT2D eigenvalue weighted by molar-refractivity contribution is 0.0933. The zero-order chi connectivity index (χ0) is 18.8. The Labute approximate surface area is 159 Å². The topological polar surface area (TPSA) is 56.1 Å². The first-order valence-corrected chi connectivity index (χ1v) is 9.21. The van der Waals surface area contributed by atoms with Crippen LogP contribution in [-0.4, -0.2) is 28.1 Å². The van der Waals surface area contributed by atoms with Crippen LogP contribution < -0.4 is 10.1 Å². The van der Waals surface area contributed by atoms with Gasteiger partial charge in [0.25, 0.3) is 5.91 Å². The number of hydrogen-bond donors (Lipinski definition) is 1. The molecule has 1 aliphatic heterocycles. The average molecular weight is 361 g/mol. The fraction of sp³-hybridized carbons (Fsp3) is 0.273. The van der Waals surface area contributed by atoms with E-state index in [-0.39, 0.29) is 12.0 Å². The van der Waals surface area contributed by atoms with Crippen molar-refractivity contribution in [3.63, 3.8) is 0 Å². The van der Waals surface area contributed by atoms with Crippen molar-refractivity contribution < 1.29 is 9.53 Å². The number of fused-ring (bicyclic) bond motifs is 1. The summed E-state index contributed by atoms with van der Waals surface area (Å²) < 4.78 is 8.03. The molecule has 1 amide bonds. The Morgan fingerprint density at radius 2 is 2.04 bits per heavy atom. The van der Waals surface area contributed by atoms with Crippen molar-refractivity contribution in [1.29, 1.82) is 0 Å². The maximum absolute atomic E-state index is 12.7. The lowest BCUT2D eigenvalue weighted by atomic mass is 10.1. The number of hydrogen-bond acceptors (Lipinski definition) is 3. The van der Waals surface area contributed by atoms with Gasteiger partial charge in [-0.2, -0.15) is 0 Å². The van der Waals surface area contributed by atoms with Crippen LogP contribution in [0.15, 0.2) is 54.7 Å². The molecule has 0 saturated carbocycles. The predicted octanol–water partition coefficient (Wildman–Crippen LogP) is 3.28. The number of para-hydroxylation sites is 1. The van der Waals surface area contributed by atoms with E-state index >= 15 is 0 Å². The first kappa shape index (κ1) is 17.3. The summed E-state index contributed by atoms with van der Waals surface area (Å²) in [5.74, 6) is 0.861. The summed E-state index contributed by atoms with van der Waals surface area (Å²) in [7, 11) is 0. The summed E-state index contributed by atoms with van der Waals surface area (Å²) in [6.45, 7) is 5.15. The number of nitrogens with one attached hydrogen (secondary N) is 1. The Morgan fingerprint density at radius 1 is 1.22 bits per heavy atom.